The average Bonchev–Trinajstić information content (AvgIpc) is 2.24. The molecule has 0 amide bonds. The number of nitrogens with two attached hydrogens (primary N) is 1. The van der Waals surface area contributed by atoms with Gasteiger partial charge in [0.05, 0.1) is 6.54 Å². The molecule has 0 spiro atoms. The van der Waals surface area contributed by atoms with Gasteiger partial charge in [0, 0.05) is 14.1 Å². The molecule has 0 aliphatic heterocycles. The Morgan fingerprint density at radius 3 is 2.47 bits per heavy atom. The van der Waals surface area contributed by atoms with Crippen molar-refractivity contribution in [3.05, 3.63) is 20.8 Å². The molecule has 0 bridgehead atoms. The van der Waals surface area contributed by atoms with Gasteiger partial charge in [-0.25, -0.2) is 4.79 Å². The van der Waals surface area contributed by atoms with E-state index in [2.05, 4.69) is 5.32 Å². The maximum absolute atomic E-state index is 11.6. The van der Waals surface area contributed by atoms with E-state index < -0.39 is 11.2 Å². The van der Waals surface area contributed by atoms with Gasteiger partial charge in [-0.2, -0.15) is 0 Å². The van der Waals surface area contributed by atoms with Crippen molar-refractivity contribution in [3.63, 3.8) is 0 Å². The summed E-state index contributed by atoms with van der Waals surface area (Å²) in [5.74, 6) is 0.0185. The Bertz CT molecular complexity index is 500. The van der Waals surface area contributed by atoms with E-state index in [-0.39, 0.29) is 18.1 Å². The lowest BCUT2D eigenvalue weighted by molar-refractivity contribution is -0.106. The van der Waals surface area contributed by atoms with Gasteiger partial charge in [0.2, 0.25) is 0 Å². The number of anilines is 2. The zero-order valence-corrected chi connectivity index (χ0v) is 8.48. The number of nitrogens with one attached hydrogen (secondary N) is 1. The molecule has 7 nitrogen and oxygen atoms in total. The molecule has 7 heteroatoms. The van der Waals surface area contributed by atoms with Crippen LogP contribution < -0.4 is 22.3 Å². The first-order valence-electron chi connectivity index (χ1n) is 4.23. The Morgan fingerprint density at radius 1 is 1.33 bits per heavy atom. The van der Waals surface area contributed by atoms with E-state index in [0.29, 0.717) is 6.29 Å². The lowest BCUT2D eigenvalue weighted by atomic mass is 10.4. The summed E-state index contributed by atoms with van der Waals surface area (Å²) in [4.78, 5) is 33.1. The minimum atomic E-state index is -0.544. The van der Waals surface area contributed by atoms with E-state index in [9.17, 15) is 14.4 Å². The Morgan fingerprint density at radius 2 is 1.93 bits per heavy atom. The predicted octanol–water partition coefficient (Wildman–Crippen LogP) is -1.72. The second-order valence-corrected chi connectivity index (χ2v) is 3.01. The lowest BCUT2D eigenvalue weighted by Gasteiger charge is -2.11. The van der Waals surface area contributed by atoms with Crippen molar-refractivity contribution in [3.8, 4) is 0 Å². The molecule has 0 aliphatic carbocycles. The molecule has 1 rings (SSSR count). The number of carbonyl (C=O) groups excluding carboxylic acids is 1. The van der Waals surface area contributed by atoms with Crippen molar-refractivity contribution in [1.29, 1.82) is 0 Å². The third-order valence-electron chi connectivity index (χ3n) is 2.07. The third kappa shape index (κ3) is 1.76. The van der Waals surface area contributed by atoms with E-state index in [4.69, 9.17) is 5.73 Å². The van der Waals surface area contributed by atoms with Crippen molar-refractivity contribution in [2.24, 2.45) is 14.1 Å². The van der Waals surface area contributed by atoms with Crippen molar-refractivity contribution in [2.45, 2.75) is 0 Å². The standard InChI is InChI=1S/C8H12N4O3/c1-11-6(9)5(10-3-4-13)7(14)12(2)8(11)15/h4,10H,3,9H2,1-2H3. The quantitative estimate of drug-likeness (QED) is 0.580. The normalized spacial score (nSPS) is 10.0. The van der Waals surface area contributed by atoms with Gasteiger partial charge in [-0.3, -0.25) is 13.9 Å². The molecular formula is C8H12N4O3. The molecule has 0 atom stereocenters. The molecule has 0 radical (unpaired) electrons. The first kappa shape index (κ1) is 11.0. The van der Waals surface area contributed by atoms with Crippen LogP contribution in [0.15, 0.2) is 9.59 Å². The number of carbonyl (C=O) groups is 1. The summed E-state index contributed by atoms with van der Waals surface area (Å²) in [5, 5.41) is 2.55. The maximum atomic E-state index is 11.6. The Balaban J connectivity index is 3.46. The van der Waals surface area contributed by atoms with Gasteiger partial charge in [0.25, 0.3) is 5.56 Å². The first-order valence-corrected chi connectivity index (χ1v) is 4.23. The SMILES string of the molecule is Cn1c(N)c(NCC=O)c(=O)n(C)c1=O. The van der Waals surface area contributed by atoms with Crippen LogP contribution in [0.4, 0.5) is 11.5 Å². The number of nitrogens with zero attached hydrogens (tertiary/aromatic N) is 2. The fourth-order valence-corrected chi connectivity index (χ4v) is 1.17. The summed E-state index contributed by atoms with van der Waals surface area (Å²) in [7, 11) is 2.79. The van der Waals surface area contributed by atoms with Gasteiger partial charge in [-0.15, -0.1) is 0 Å². The monoisotopic (exact) mass is 212 g/mol. The fraction of sp³-hybridized carbons (Fsp3) is 0.375. The summed E-state index contributed by atoms with van der Waals surface area (Å²) in [6, 6.07) is 0. The highest BCUT2D eigenvalue weighted by Gasteiger charge is 2.11. The molecule has 15 heavy (non-hydrogen) atoms. The molecule has 0 aliphatic rings. The minimum Gasteiger partial charge on any atom is -0.383 e. The van der Waals surface area contributed by atoms with Crippen LogP contribution in [0.2, 0.25) is 0 Å². The molecule has 1 aromatic rings. The summed E-state index contributed by atoms with van der Waals surface area (Å²) in [6.07, 6.45) is 0.601. The molecule has 0 saturated heterocycles. The van der Waals surface area contributed by atoms with Crippen LogP contribution in [-0.4, -0.2) is 22.0 Å². The van der Waals surface area contributed by atoms with Gasteiger partial charge >= 0.3 is 5.69 Å². The highest BCUT2D eigenvalue weighted by atomic mass is 16.2. The van der Waals surface area contributed by atoms with Crippen LogP contribution in [0, 0.1) is 0 Å². The Labute approximate surface area is 85.1 Å². The predicted molar refractivity (Wildman–Crippen MR) is 55.9 cm³/mol. The van der Waals surface area contributed by atoms with E-state index in [1.807, 2.05) is 0 Å². The molecule has 0 saturated carbocycles. The number of hydrogen-bond acceptors (Lipinski definition) is 5. The van der Waals surface area contributed by atoms with Crippen LogP contribution >= 0.6 is 0 Å². The number of nitrogen functional groups attached to an aromatic ring is 1. The van der Waals surface area contributed by atoms with Gasteiger partial charge in [-0.1, -0.05) is 0 Å². The number of hydrogen-bond donors (Lipinski definition) is 2. The zero-order valence-electron chi connectivity index (χ0n) is 8.48. The second kappa shape index (κ2) is 3.99. The Kier molecular flexibility index (Phi) is 2.93. The van der Waals surface area contributed by atoms with E-state index >= 15 is 0 Å². The molecule has 1 aromatic heterocycles. The van der Waals surface area contributed by atoms with E-state index in [0.717, 1.165) is 9.13 Å². The molecule has 82 valence electrons. The van der Waals surface area contributed by atoms with Crippen molar-refractivity contribution in [1.82, 2.24) is 9.13 Å². The van der Waals surface area contributed by atoms with Crippen LogP contribution in [0.25, 0.3) is 0 Å². The number of aromatic nitrogens is 2. The number of rotatable bonds is 3. The molecule has 0 unspecified atom stereocenters. The van der Waals surface area contributed by atoms with Crippen LogP contribution in [-0.2, 0) is 18.9 Å². The van der Waals surface area contributed by atoms with Crippen LogP contribution in [0.1, 0.15) is 0 Å². The third-order valence-corrected chi connectivity index (χ3v) is 2.07. The molecule has 3 N–H and O–H groups in total. The van der Waals surface area contributed by atoms with E-state index in [1.165, 1.54) is 14.1 Å². The lowest BCUT2D eigenvalue weighted by Crippen LogP contribution is -2.39. The van der Waals surface area contributed by atoms with Gasteiger partial charge < -0.3 is 15.8 Å². The summed E-state index contributed by atoms with van der Waals surface area (Å²) >= 11 is 0. The zero-order chi connectivity index (χ0) is 11.6. The molecule has 0 aromatic carbocycles. The minimum absolute atomic E-state index is 0.0185. The topological polar surface area (TPSA) is 99.1 Å². The van der Waals surface area contributed by atoms with Gasteiger partial charge in [-0.05, 0) is 0 Å². The molecular weight excluding hydrogens is 200 g/mol. The Hall–Kier alpha value is -2.05. The van der Waals surface area contributed by atoms with Crippen LogP contribution in [0.5, 0.6) is 0 Å². The summed E-state index contributed by atoms with van der Waals surface area (Å²) < 4.78 is 2.05. The van der Waals surface area contributed by atoms with Crippen molar-refractivity contribution < 1.29 is 4.79 Å². The largest absolute Gasteiger partial charge is 0.383 e. The van der Waals surface area contributed by atoms with E-state index in [1.54, 1.807) is 0 Å². The van der Waals surface area contributed by atoms with Gasteiger partial charge in [0.1, 0.15) is 17.8 Å². The summed E-state index contributed by atoms with van der Waals surface area (Å²) in [6.45, 7) is -0.0301. The smallest absolute Gasteiger partial charge is 0.332 e. The van der Waals surface area contributed by atoms with Crippen LogP contribution in [0.3, 0.4) is 0 Å². The highest BCUT2D eigenvalue weighted by molar-refractivity contribution is 5.66. The summed E-state index contributed by atoms with van der Waals surface area (Å²) in [5.41, 5.74) is 4.58. The first-order chi connectivity index (χ1) is 7.00. The maximum Gasteiger partial charge on any atom is 0.332 e. The average molecular weight is 212 g/mol. The number of aldehydes is 1. The van der Waals surface area contributed by atoms with Crippen molar-refractivity contribution >= 4 is 17.8 Å². The highest BCUT2D eigenvalue weighted by Crippen LogP contribution is 2.07. The second-order valence-electron chi connectivity index (χ2n) is 3.01. The fourth-order valence-electron chi connectivity index (χ4n) is 1.17. The molecule has 0 fully saturated rings. The van der Waals surface area contributed by atoms with Gasteiger partial charge in [0.15, 0.2) is 0 Å². The van der Waals surface area contributed by atoms with Crippen molar-refractivity contribution in [2.75, 3.05) is 17.6 Å². The molecule has 1 heterocycles.